The van der Waals surface area contributed by atoms with E-state index in [1.165, 1.54) is 0 Å². The van der Waals surface area contributed by atoms with Gasteiger partial charge in [0.1, 0.15) is 12.2 Å². The molecule has 2 saturated heterocycles. The Balaban J connectivity index is 1.52. The fourth-order valence-corrected chi connectivity index (χ4v) is 3.60. The van der Waals surface area contributed by atoms with Gasteiger partial charge in [0.2, 0.25) is 0 Å². The molecule has 27 heavy (non-hydrogen) atoms. The highest BCUT2D eigenvalue weighted by atomic mass is 16.6. The number of hydrogen-bond acceptors (Lipinski definition) is 5. The lowest BCUT2D eigenvalue weighted by Gasteiger charge is -2.48. The molecule has 1 atom stereocenters. The molecule has 1 aromatic rings. The number of rotatable bonds is 4. The summed E-state index contributed by atoms with van der Waals surface area (Å²) in [4.78, 5) is 28.8. The molecule has 6 nitrogen and oxygen atoms in total. The Morgan fingerprint density at radius 3 is 2.48 bits per heavy atom. The van der Waals surface area contributed by atoms with Crippen molar-refractivity contribution in [2.75, 3.05) is 19.6 Å². The van der Waals surface area contributed by atoms with Gasteiger partial charge in [-0.1, -0.05) is 30.3 Å². The molecule has 6 heteroatoms. The summed E-state index contributed by atoms with van der Waals surface area (Å²) in [6.07, 6.45) is 2.73. The van der Waals surface area contributed by atoms with Crippen LogP contribution >= 0.6 is 0 Å². The van der Waals surface area contributed by atoms with E-state index in [2.05, 4.69) is 4.90 Å². The van der Waals surface area contributed by atoms with Crippen molar-refractivity contribution >= 4 is 12.1 Å². The predicted octanol–water partition coefficient (Wildman–Crippen LogP) is 3.41. The minimum Gasteiger partial charge on any atom is -0.460 e. The van der Waals surface area contributed by atoms with Gasteiger partial charge >= 0.3 is 12.1 Å². The second-order valence-electron chi connectivity index (χ2n) is 8.39. The maximum Gasteiger partial charge on any atom is 0.411 e. The van der Waals surface area contributed by atoms with Crippen LogP contribution < -0.4 is 0 Å². The molecular formula is C21H30N2O4. The third kappa shape index (κ3) is 5.22. The van der Waals surface area contributed by atoms with Crippen molar-refractivity contribution in [3.63, 3.8) is 0 Å². The third-order valence-corrected chi connectivity index (χ3v) is 4.98. The molecule has 0 radical (unpaired) electrons. The molecule has 2 fully saturated rings. The third-order valence-electron chi connectivity index (χ3n) is 4.98. The van der Waals surface area contributed by atoms with Crippen LogP contribution in [0.25, 0.3) is 0 Å². The number of benzene rings is 1. The Hall–Kier alpha value is -2.08. The number of piperidine rings is 1. The van der Waals surface area contributed by atoms with E-state index in [9.17, 15) is 9.59 Å². The number of carbonyl (C=O) groups excluding carboxylic acids is 2. The molecule has 1 unspecified atom stereocenters. The lowest BCUT2D eigenvalue weighted by molar-refractivity contribution is -0.169. The molecule has 0 N–H and O–H groups in total. The van der Waals surface area contributed by atoms with Crippen molar-refractivity contribution in [3.05, 3.63) is 35.9 Å². The molecule has 2 aliphatic rings. The molecule has 1 amide bonds. The fraction of sp³-hybridized carbons (Fsp3) is 0.619. The SMILES string of the molecule is CC(C)(C)OC(=O)C1CN(C2CCCCN2C(=O)OCc2ccccc2)C1. The van der Waals surface area contributed by atoms with Crippen LogP contribution in [0.5, 0.6) is 0 Å². The van der Waals surface area contributed by atoms with E-state index >= 15 is 0 Å². The van der Waals surface area contributed by atoms with E-state index in [1.54, 1.807) is 0 Å². The van der Waals surface area contributed by atoms with Crippen LogP contribution in [-0.4, -0.2) is 53.3 Å². The zero-order valence-corrected chi connectivity index (χ0v) is 16.5. The first-order chi connectivity index (χ1) is 12.8. The van der Waals surface area contributed by atoms with Gasteiger partial charge in [-0.25, -0.2) is 4.79 Å². The van der Waals surface area contributed by atoms with E-state index in [0.717, 1.165) is 24.8 Å². The minimum absolute atomic E-state index is 0.0145. The molecular weight excluding hydrogens is 344 g/mol. The average Bonchev–Trinajstić information content (AvgIpc) is 2.58. The molecule has 1 aromatic carbocycles. The molecule has 0 saturated carbocycles. The van der Waals surface area contributed by atoms with Crippen LogP contribution in [0.3, 0.4) is 0 Å². The summed E-state index contributed by atoms with van der Waals surface area (Å²) < 4.78 is 11.0. The van der Waals surface area contributed by atoms with Crippen molar-refractivity contribution in [2.45, 2.75) is 58.4 Å². The second-order valence-corrected chi connectivity index (χ2v) is 8.39. The number of carbonyl (C=O) groups is 2. The molecule has 0 spiro atoms. The summed E-state index contributed by atoms with van der Waals surface area (Å²) >= 11 is 0. The van der Waals surface area contributed by atoms with Gasteiger partial charge in [0.25, 0.3) is 0 Å². The summed E-state index contributed by atoms with van der Waals surface area (Å²) in [7, 11) is 0. The van der Waals surface area contributed by atoms with Crippen LogP contribution in [0.1, 0.15) is 45.6 Å². The van der Waals surface area contributed by atoms with Crippen molar-refractivity contribution in [3.8, 4) is 0 Å². The van der Waals surface area contributed by atoms with Crippen LogP contribution in [0.4, 0.5) is 4.79 Å². The van der Waals surface area contributed by atoms with Crippen molar-refractivity contribution in [1.29, 1.82) is 0 Å². The van der Waals surface area contributed by atoms with Crippen LogP contribution in [0, 0.1) is 5.92 Å². The van der Waals surface area contributed by atoms with E-state index in [4.69, 9.17) is 9.47 Å². The number of hydrogen-bond donors (Lipinski definition) is 0. The number of likely N-dealkylation sites (tertiary alicyclic amines) is 2. The summed E-state index contributed by atoms with van der Waals surface area (Å²) in [6.45, 7) is 7.91. The smallest absolute Gasteiger partial charge is 0.411 e. The van der Waals surface area contributed by atoms with Gasteiger partial charge in [0.15, 0.2) is 0 Å². The second kappa shape index (κ2) is 8.30. The normalized spacial score (nSPS) is 21.4. The summed E-state index contributed by atoms with van der Waals surface area (Å²) in [5, 5.41) is 0. The maximum absolute atomic E-state index is 12.6. The number of esters is 1. The van der Waals surface area contributed by atoms with E-state index in [1.807, 2.05) is 56.0 Å². The Kier molecular flexibility index (Phi) is 6.05. The Morgan fingerprint density at radius 2 is 1.81 bits per heavy atom. The van der Waals surface area contributed by atoms with Gasteiger partial charge in [0.05, 0.1) is 12.1 Å². The minimum atomic E-state index is -0.463. The van der Waals surface area contributed by atoms with Crippen molar-refractivity contribution < 1.29 is 19.1 Å². The molecule has 0 aromatic heterocycles. The van der Waals surface area contributed by atoms with Gasteiger partial charge in [-0.2, -0.15) is 0 Å². The van der Waals surface area contributed by atoms with E-state index in [0.29, 0.717) is 19.6 Å². The highest BCUT2D eigenvalue weighted by Gasteiger charge is 2.42. The molecule has 148 valence electrons. The molecule has 2 aliphatic heterocycles. The molecule has 3 rings (SSSR count). The zero-order valence-electron chi connectivity index (χ0n) is 16.5. The first-order valence-corrected chi connectivity index (χ1v) is 9.78. The standard InChI is InChI=1S/C21H30N2O4/c1-21(2,3)27-19(24)17-13-22(14-17)18-11-7-8-12-23(18)20(25)26-15-16-9-5-4-6-10-16/h4-6,9-10,17-18H,7-8,11-15H2,1-3H3. The summed E-state index contributed by atoms with van der Waals surface area (Å²) in [6, 6.07) is 9.70. The van der Waals surface area contributed by atoms with Gasteiger partial charge in [-0.15, -0.1) is 0 Å². The van der Waals surface area contributed by atoms with Crippen molar-refractivity contribution in [2.24, 2.45) is 5.92 Å². The number of nitrogens with zero attached hydrogens (tertiary/aromatic N) is 2. The van der Waals surface area contributed by atoms with Gasteiger partial charge in [0, 0.05) is 19.6 Å². The van der Waals surface area contributed by atoms with Gasteiger partial charge in [-0.05, 0) is 45.6 Å². The maximum atomic E-state index is 12.6. The quantitative estimate of drug-likeness (QED) is 0.756. The zero-order chi connectivity index (χ0) is 19.4. The Labute approximate surface area is 161 Å². The number of ether oxygens (including phenoxy) is 2. The first kappa shape index (κ1) is 19.7. The largest absolute Gasteiger partial charge is 0.460 e. The number of amides is 1. The summed E-state index contributed by atoms with van der Waals surface area (Å²) in [5.41, 5.74) is 0.517. The molecule has 0 bridgehead atoms. The highest BCUT2D eigenvalue weighted by Crippen LogP contribution is 2.29. The Morgan fingerprint density at radius 1 is 1.11 bits per heavy atom. The van der Waals surface area contributed by atoms with E-state index < -0.39 is 5.60 Å². The van der Waals surface area contributed by atoms with Crippen LogP contribution in [0.15, 0.2) is 30.3 Å². The lowest BCUT2D eigenvalue weighted by atomic mass is 9.96. The Bertz CT molecular complexity index is 650. The van der Waals surface area contributed by atoms with Gasteiger partial charge in [-0.3, -0.25) is 14.6 Å². The lowest BCUT2D eigenvalue weighted by Crippen LogP contribution is -2.62. The fourth-order valence-electron chi connectivity index (χ4n) is 3.60. The first-order valence-electron chi connectivity index (χ1n) is 9.78. The topological polar surface area (TPSA) is 59.1 Å². The monoisotopic (exact) mass is 374 g/mol. The molecule has 0 aliphatic carbocycles. The van der Waals surface area contributed by atoms with E-state index in [-0.39, 0.29) is 30.8 Å². The summed E-state index contributed by atoms with van der Waals surface area (Å²) in [5.74, 6) is -0.249. The average molecular weight is 374 g/mol. The predicted molar refractivity (Wildman–Crippen MR) is 102 cm³/mol. The van der Waals surface area contributed by atoms with Crippen molar-refractivity contribution in [1.82, 2.24) is 9.80 Å². The van der Waals surface area contributed by atoms with Crippen LogP contribution in [0.2, 0.25) is 0 Å². The van der Waals surface area contributed by atoms with Gasteiger partial charge < -0.3 is 9.47 Å². The highest BCUT2D eigenvalue weighted by molar-refractivity contribution is 5.74. The van der Waals surface area contributed by atoms with Crippen LogP contribution in [-0.2, 0) is 20.9 Å². The molecule has 2 heterocycles.